The highest BCUT2D eigenvalue weighted by Crippen LogP contribution is 2.36. The van der Waals surface area contributed by atoms with Crippen LogP contribution in [0.4, 0.5) is 11.4 Å². The van der Waals surface area contributed by atoms with Gasteiger partial charge in [0.15, 0.2) is 0 Å². The van der Waals surface area contributed by atoms with Crippen LogP contribution in [0.1, 0.15) is 41.5 Å². The molecule has 2 rings (SSSR count). The lowest BCUT2D eigenvalue weighted by Gasteiger charge is -2.52. The molecular formula is C20H28N2. The van der Waals surface area contributed by atoms with Gasteiger partial charge >= 0.3 is 0 Å². The van der Waals surface area contributed by atoms with Crippen LogP contribution < -0.4 is 5.01 Å². The number of rotatable bonds is 3. The molecule has 2 aromatic carbocycles. The first kappa shape index (κ1) is 16.6. The Morgan fingerprint density at radius 1 is 0.545 bits per heavy atom. The third-order valence-corrected chi connectivity index (χ3v) is 3.47. The maximum absolute atomic E-state index is 2.45. The molecule has 118 valence electrons. The quantitative estimate of drug-likeness (QED) is 0.676. The Morgan fingerprint density at radius 3 is 1.14 bits per heavy atom. The van der Waals surface area contributed by atoms with Crippen LogP contribution in [-0.2, 0) is 0 Å². The number of para-hydroxylation sites is 2. The van der Waals surface area contributed by atoms with E-state index in [9.17, 15) is 0 Å². The molecule has 22 heavy (non-hydrogen) atoms. The first-order valence-corrected chi connectivity index (χ1v) is 7.92. The maximum atomic E-state index is 2.45. The van der Waals surface area contributed by atoms with Crippen molar-refractivity contribution in [2.45, 2.75) is 52.6 Å². The zero-order valence-electron chi connectivity index (χ0n) is 14.7. The van der Waals surface area contributed by atoms with Crippen LogP contribution in [0.3, 0.4) is 0 Å². The Labute approximate surface area is 135 Å². The second-order valence-corrected chi connectivity index (χ2v) is 7.64. The van der Waals surface area contributed by atoms with E-state index in [0.717, 1.165) is 0 Å². The minimum absolute atomic E-state index is 0.00999. The molecule has 0 fully saturated rings. The largest absolute Gasteiger partial charge is 0.273 e. The molecule has 0 radical (unpaired) electrons. The third-order valence-electron chi connectivity index (χ3n) is 3.47. The Bertz CT molecular complexity index is 523. The van der Waals surface area contributed by atoms with Gasteiger partial charge in [-0.15, -0.1) is 0 Å². The van der Waals surface area contributed by atoms with Crippen LogP contribution in [-0.4, -0.2) is 16.1 Å². The Kier molecular flexibility index (Phi) is 4.62. The van der Waals surface area contributed by atoms with E-state index in [4.69, 9.17) is 0 Å². The van der Waals surface area contributed by atoms with Crippen LogP contribution in [0.5, 0.6) is 0 Å². The number of nitrogens with zero attached hydrogens (tertiary/aromatic N) is 2. The van der Waals surface area contributed by atoms with Crippen molar-refractivity contribution in [3.05, 3.63) is 60.7 Å². The summed E-state index contributed by atoms with van der Waals surface area (Å²) >= 11 is 0. The molecule has 0 saturated heterocycles. The normalized spacial score (nSPS) is 12.5. The van der Waals surface area contributed by atoms with Crippen molar-refractivity contribution in [3.8, 4) is 0 Å². The van der Waals surface area contributed by atoms with Crippen molar-refractivity contribution < 1.29 is 0 Å². The fourth-order valence-electron chi connectivity index (χ4n) is 3.12. The molecule has 0 N–H and O–H groups in total. The van der Waals surface area contributed by atoms with E-state index in [1.165, 1.54) is 11.4 Å². The predicted octanol–water partition coefficient (Wildman–Crippen LogP) is 5.64. The van der Waals surface area contributed by atoms with Crippen molar-refractivity contribution in [2.24, 2.45) is 0 Å². The Balaban J connectivity index is 2.62. The van der Waals surface area contributed by atoms with Crippen LogP contribution >= 0.6 is 0 Å². The molecule has 0 atom stereocenters. The molecule has 2 nitrogen and oxygen atoms in total. The molecule has 0 saturated carbocycles. The minimum Gasteiger partial charge on any atom is -0.273 e. The van der Waals surface area contributed by atoms with Crippen molar-refractivity contribution in [3.63, 3.8) is 0 Å². The Hall–Kier alpha value is -1.80. The highest BCUT2D eigenvalue weighted by molar-refractivity contribution is 5.62. The highest BCUT2D eigenvalue weighted by Gasteiger charge is 2.37. The molecular weight excluding hydrogens is 268 g/mol. The Morgan fingerprint density at radius 2 is 0.864 bits per heavy atom. The summed E-state index contributed by atoms with van der Waals surface area (Å²) < 4.78 is 0. The lowest BCUT2D eigenvalue weighted by molar-refractivity contribution is 0.0384. The van der Waals surface area contributed by atoms with Gasteiger partial charge in [0.1, 0.15) is 0 Å². The van der Waals surface area contributed by atoms with Crippen molar-refractivity contribution in [2.75, 3.05) is 5.01 Å². The van der Waals surface area contributed by atoms with Gasteiger partial charge in [-0.1, -0.05) is 36.4 Å². The van der Waals surface area contributed by atoms with Crippen LogP contribution in [0.15, 0.2) is 60.7 Å². The molecule has 0 amide bonds. The van der Waals surface area contributed by atoms with Gasteiger partial charge in [0.05, 0.1) is 11.4 Å². The molecule has 0 unspecified atom stereocenters. The summed E-state index contributed by atoms with van der Waals surface area (Å²) in [5.41, 5.74) is 2.34. The van der Waals surface area contributed by atoms with Crippen LogP contribution in [0.25, 0.3) is 0 Å². The second kappa shape index (κ2) is 6.13. The van der Waals surface area contributed by atoms with Gasteiger partial charge < -0.3 is 0 Å². The van der Waals surface area contributed by atoms with E-state index in [1.807, 2.05) is 0 Å². The summed E-state index contributed by atoms with van der Waals surface area (Å²) in [5.74, 6) is 0. The first-order chi connectivity index (χ1) is 10.2. The smallest absolute Gasteiger partial charge is 0.0580 e. The molecule has 0 spiro atoms. The number of hydrogen-bond acceptors (Lipinski definition) is 2. The number of anilines is 2. The molecule has 0 aliphatic rings. The number of hydrogen-bond donors (Lipinski definition) is 0. The molecule has 0 aromatic heterocycles. The zero-order chi connectivity index (χ0) is 16.4. The molecule has 0 bridgehead atoms. The fraction of sp³-hybridized carbons (Fsp3) is 0.400. The zero-order valence-corrected chi connectivity index (χ0v) is 14.7. The molecule has 2 heteroatoms. The monoisotopic (exact) mass is 296 g/mol. The molecule has 0 heterocycles. The maximum Gasteiger partial charge on any atom is 0.0580 e. The summed E-state index contributed by atoms with van der Waals surface area (Å²) in [6, 6.07) is 21.1. The van der Waals surface area contributed by atoms with Crippen LogP contribution in [0.2, 0.25) is 0 Å². The first-order valence-electron chi connectivity index (χ1n) is 7.92. The van der Waals surface area contributed by atoms with E-state index in [-0.39, 0.29) is 11.1 Å². The summed E-state index contributed by atoms with van der Waals surface area (Å²) in [5, 5.41) is 4.78. The number of hydrazine groups is 1. The van der Waals surface area contributed by atoms with Crippen molar-refractivity contribution in [1.29, 1.82) is 0 Å². The van der Waals surface area contributed by atoms with Gasteiger partial charge in [0.25, 0.3) is 0 Å². The molecule has 0 aliphatic heterocycles. The van der Waals surface area contributed by atoms with Gasteiger partial charge in [-0.05, 0) is 65.8 Å². The second-order valence-electron chi connectivity index (χ2n) is 7.64. The van der Waals surface area contributed by atoms with Gasteiger partial charge in [-0.25, -0.2) is 5.01 Å². The molecule has 2 aromatic rings. The van der Waals surface area contributed by atoms with Gasteiger partial charge in [0, 0.05) is 11.1 Å². The van der Waals surface area contributed by atoms with Gasteiger partial charge in [-0.2, -0.15) is 0 Å². The van der Waals surface area contributed by atoms with Gasteiger partial charge in [0.2, 0.25) is 0 Å². The fourth-order valence-corrected chi connectivity index (χ4v) is 3.12. The standard InChI is InChI=1S/C20H28N2/c1-19(2,3)22(20(4,5)6)21(17-13-9-7-10-14-17)18-15-11-8-12-16-18/h7-16H,1-6H3. The summed E-state index contributed by atoms with van der Waals surface area (Å²) in [6.45, 7) is 13.6. The predicted molar refractivity (Wildman–Crippen MR) is 96.4 cm³/mol. The van der Waals surface area contributed by atoms with E-state index in [2.05, 4.69) is 112 Å². The average molecular weight is 296 g/mol. The van der Waals surface area contributed by atoms with E-state index in [0.29, 0.717) is 0 Å². The lowest BCUT2D eigenvalue weighted by atomic mass is 9.98. The third kappa shape index (κ3) is 3.69. The summed E-state index contributed by atoms with van der Waals surface area (Å²) in [6.07, 6.45) is 0. The van der Waals surface area contributed by atoms with E-state index in [1.54, 1.807) is 0 Å². The van der Waals surface area contributed by atoms with Crippen molar-refractivity contribution >= 4 is 11.4 Å². The summed E-state index contributed by atoms with van der Waals surface area (Å²) in [4.78, 5) is 0. The molecule has 0 aliphatic carbocycles. The lowest BCUT2D eigenvalue weighted by Crippen LogP contribution is -2.60. The highest BCUT2D eigenvalue weighted by atomic mass is 15.7. The van der Waals surface area contributed by atoms with Crippen molar-refractivity contribution in [1.82, 2.24) is 5.01 Å². The SMILES string of the molecule is CC(C)(C)N(N(c1ccccc1)c1ccccc1)C(C)(C)C. The minimum atomic E-state index is -0.00999. The van der Waals surface area contributed by atoms with E-state index < -0.39 is 0 Å². The topological polar surface area (TPSA) is 6.48 Å². The van der Waals surface area contributed by atoms with Gasteiger partial charge in [-0.3, -0.25) is 5.01 Å². The van der Waals surface area contributed by atoms with E-state index >= 15 is 0 Å². The average Bonchev–Trinajstić information content (AvgIpc) is 2.44. The summed E-state index contributed by atoms with van der Waals surface area (Å²) in [7, 11) is 0. The number of benzene rings is 2. The van der Waals surface area contributed by atoms with Crippen LogP contribution in [0, 0.1) is 0 Å².